The number of anilines is 1. The maximum Gasteiger partial charge on any atom is 0.255 e. The van der Waals surface area contributed by atoms with Gasteiger partial charge in [0.1, 0.15) is 11.6 Å². The lowest BCUT2D eigenvalue weighted by Gasteiger charge is -2.23. The van der Waals surface area contributed by atoms with Crippen LogP contribution in [0.4, 0.5) is 5.82 Å². The Balaban J connectivity index is 1.89. The van der Waals surface area contributed by atoms with Gasteiger partial charge in [0.2, 0.25) is 15.7 Å². The van der Waals surface area contributed by atoms with E-state index < -0.39 is 10.0 Å². The largest absolute Gasteiger partial charge is 0.437 e. The zero-order chi connectivity index (χ0) is 24.5. The summed E-state index contributed by atoms with van der Waals surface area (Å²) >= 11 is 0. The number of carbonyl (C=O) groups is 1. The normalized spacial score (nSPS) is 14.2. The first-order chi connectivity index (χ1) is 16.2. The number of benzene rings is 1. The van der Waals surface area contributed by atoms with Gasteiger partial charge in [-0.15, -0.1) is 8.58 Å². The number of hydrogen-bond donors (Lipinski definition) is 1. The molecule has 7 nitrogen and oxygen atoms in total. The molecule has 1 fully saturated rings. The molecule has 1 aromatic carbocycles. The van der Waals surface area contributed by atoms with Crippen molar-refractivity contribution in [1.82, 2.24) is 10.3 Å². The minimum absolute atomic E-state index is 0.239. The smallest absolute Gasteiger partial charge is 0.255 e. The Bertz CT molecular complexity index is 1300. The Hall–Kier alpha value is -2.44. The van der Waals surface area contributed by atoms with E-state index in [4.69, 9.17) is 9.40 Å². The molecule has 1 aliphatic carbocycles. The number of hydrogen-bond acceptors (Lipinski definition) is 5. The van der Waals surface area contributed by atoms with Crippen LogP contribution in [0.3, 0.4) is 0 Å². The molecule has 0 saturated heterocycles. The predicted molar refractivity (Wildman–Crippen MR) is 140 cm³/mol. The third-order valence-electron chi connectivity index (χ3n) is 6.15. The summed E-state index contributed by atoms with van der Waals surface area (Å²) in [4.78, 5) is 17.7. The van der Waals surface area contributed by atoms with Gasteiger partial charge in [0.05, 0.1) is 17.2 Å². The van der Waals surface area contributed by atoms with E-state index in [0.29, 0.717) is 29.1 Å². The molecule has 0 radical (unpaired) electrons. The minimum atomic E-state index is -3.53. The highest BCUT2D eigenvalue weighted by Crippen LogP contribution is 2.46. The van der Waals surface area contributed by atoms with Gasteiger partial charge in [-0.1, -0.05) is 29.8 Å². The molecule has 4 rings (SSSR count). The van der Waals surface area contributed by atoms with E-state index in [1.165, 1.54) is 10.6 Å². The van der Waals surface area contributed by atoms with Crippen LogP contribution in [0.15, 0.2) is 34.7 Å². The lowest BCUT2D eigenvalue weighted by atomic mass is 10.0. The number of unbranched alkanes of at least 4 members (excludes halogenated alkanes) is 1. The number of carbonyl (C=O) groups excluding carboxylic acids is 1. The second-order valence-electron chi connectivity index (χ2n) is 8.93. The lowest BCUT2D eigenvalue weighted by molar-refractivity contribution is 0.0964. The summed E-state index contributed by atoms with van der Waals surface area (Å²) in [5.41, 5.74) is 3.45. The second-order valence-corrected chi connectivity index (χ2v) is 12.0. The first-order valence-corrected chi connectivity index (χ1v) is 15.2. The molecule has 9 heteroatoms. The van der Waals surface area contributed by atoms with Crippen molar-refractivity contribution in [3.05, 3.63) is 47.0 Å². The number of fused-ring (bicyclic) bond motifs is 1. The summed E-state index contributed by atoms with van der Waals surface area (Å²) in [5.74, 6) is 0.856. The highest BCUT2D eigenvalue weighted by molar-refractivity contribution is 7.92. The van der Waals surface area contributed by atoms with Gasteiger partial charge in [-0.2, -0.15) is 4.98 Å². The Morgan fingerprint density at radius 3 is 2.53 bits per heavy atom. The van der Waals surface area contributed by atoms with Crippen LogP contribution in [0.25, 0.3) is 22.4 Å². The van der Waals surface area contributed by atoms with Crippen molar-refractivity contribution < 1.29 is 17.6 Å². The van der Waals surface area contributed by atoms with Gasteiger partial charge < -0.3 is 9.73 Å². The molecule has 1 atom stereocenters. The van der Waals surface area contributed by atoms with E-state index >= 15 is 0 Å². The number of nitrogens with zero attached hydrogens (tertiary/aromatic N) is 2. The molecule has 1 amide bonds. The Kier molecular flexibility index (Phi) is 7.29. The Morgan fingerprint density at radius 1 is 1.24 bits per heavy atom. The van der Waals surface area contributed by atoms with Crippen LogP contribution in [0.2, 0.25) is 0 Å². The molecule has 2 heterocycles. The molecule has 1 saturated carbocycles. The second kappa shape index (κ2) is 10.0. The van der Waals surface area contributed by atoms with E-state index in [1.807, 2.05) is 37.3 Å². The number of nitrogens with one attached hydrogen (secondary N) is 1. The fourth-order valence-electron chi connectivity index (χ4n) is 4.17. The molecule has 0 aliphatic heterocycles. The number of furan rings is 1. The van der Waals surface area contributed by atoms with Gasteiger partial charge in [-0.3, -0.25) is 9.10 Å². The SMILES string of the molecule is CNC(=O)c1c(-c2ccc(C)cc2)oc2nc(N(CCCCPC)S(C)(=O)=O)c(C3CC3)cc12. The number of aromatic nitrogens is 1. The van der Waals surface area contributed by atoms with Crippen molar-refractivity contribution in [2.75, 3.05) is 37.0 Å². The summed E-state index contributed by atoms with van der Waals surface area (Å²) in [7, 11) is -1.09. The summed E-state index contributed by atoms with van der Waals surface area (Å²) in [6.45, 7) is 4.54. The summed E-state index contributed by atoms with van der Waals surface area (Å²) in [6, 6.07) is 9.69. The average Bonchev–Trinajstić information content (AvgIpc) is 3.58. The summed E-state index contributed by atoms with van der Waals surface area (Å²) in [5, 5.41) is 3.33. The van der Waals surface area contributed by atoms with E-state index in [-0.39, 0.29) is 17.5 Å². The van der Waals surface area contributed by atoms with Crippen molar-refractivity contribution in [3.63, 3.8) is 0 Å². The van der Waals surface area contributed by atoms with Crippen molar-refractivity contribution in [2.24, 2.45) is 0 Å². The average molecular weight is 502 g/mol. The number of amides is 1. The standard InChI is InChI=1S/C25H32N3O4PS/c1-16-7-9-18(10-8-16)22-21(24(29)26-2)20-15-19(17-11-12-17)23(27-25(20)32-22)28(34(4,30)31)13-5-6-14-33-3/h7-10,15,17,33H,5-6,11-14H2,1-4H3,(H,26,29). The summed E-state index contributed by atoms with van der Waals surface area (Å²) < 4.78 is 33.2. The maximum absolute atomic E-state index is 12.9. The van der Waals surface area contributed by atoms with E-state index in [2.05, 4.69) is 12.0 Å². The first-order valence-electron chi connectivity index (χ1n) is 11.6. The van der Waals surface area contributed by atoms with Gasteiger partial charge in [-0.05, 0) is 63.0 Å². The number of aryl methyl sites for hydroxylation is 1. The Morgan fingerprint density at radius 2 is 1.94 bits per heavy atom. The molecule has 1 unspecified atom stereocenters. The van der Waals surface area contributed by atoms with Crippen LogP contribution in [-0.2, 0) is 10.0 Å². The first kappa shape index (κ1) is 24.7. The highest BCUT2D eigenvalue weighted by atomic mass is 32.2. The molecule has 0 spiro atoms. The zero-order valence-electron chi connectivity index (χ0n) is 20.1. The quantitative estimate of drug-likeness (QED) is 0.315. The van der Waals surface area contributed by atoms with Crippen LogP contribution in [0.5, 0.6) is 0 Å². The predicted octanol–water partition coefficient (Wildman–Crippen LogP) is 4.89. The van der Waals surface area contributed by atoms with Crippen LogP contribution in [0, 0.1) is 6.92 Å². The van der Waals surface area contributed by atoms with Gasteiger partial charge in [0, 0.05) is 19.2 Å². The van der Waals surface area contributed by atoms with Crippen LogP contribution < -0.4 is 9.62 Å². The molecule has 3 aromatic rings. The molecule has 1 N–H and O–H groups in total. The van der Waals surface area contributed by atoms with Gasteiger partial charge in [0.15, 0.2) is 0 Å². The molecule has 182 valence electrons. The third-order valence-corrected chi connectivity index (χ3v) is 8.16. The summed E-state index contributed by atoms with van der Waals surface area (Å²) in [6.07, 6.45) is 6.02. The Labute approximate surface area is 203 Å². The third kappa shape index (κ3) is 5.13. The monoisotopic (exact) mass is 501 g/mol. The molecule has 2 aromatic heterocycles. The van der Waals surface area contributed by atoms with Crippen LogP contribution in [-0.4, -0.2) is 52.0 Å². The van der Waals surface area contributed by atoms with Gasteiger partial charge in [-0.25, -0.2) is 8.42 Å². The lowest BCUT2D eigenvalue weighted by Crippen LogP contribution is -2.32. The van der Waals surface area contributed by atoms with E-state index in [0.717, 1.165) is 57.1 Å². The number of rotatable bonds is 10. The van der Waals surface area contributed by atoms with Crippen LogP contribution in [0.1, 0.15) is 53.1 Å². The minimum Gasteiger partial charge on any atom is -0.437 e. The van der Waals surface area contributed by atoms with Crippen molar-refractivity contribution in [3.8, 4) is 11.3 Å². The topological polar surface area (TPSA) is 92.5 Å². The fraction of sp³-hybridized carbons (Fsp3) is 0.440. The van der Waals surface area contributed by atoms with E-state index in [1.54, 1.807) is 7.05 Å². The zero-order valence-corrected chi connectivity index (χ0v) is 22.0. The van der Waals surface area contributed by atoms with E-state index in [9.17, 15) is 13.2 Å². The van der Waals surface area contributed by atoms with Crippen molar-refractivity contribution in [2.45, 2.75) is 38.5 Å². The molecule has 34 heavy (non-hydrogen) atoms. The molecular formula is C25H32N3O4PS. The van der Waals surface area contributed by atoms with Crippen molar-refractivity contribution >= 4 is 41.4 Å². The van der Waals surface area contributed by atoms with Crippen molar-refractivity contribution in [1.29, 1.82) is 0 Å². The fourth-order valence-corrected chi connectivity index (χ4v) is 5.69. The number of pyridine rings is 1. The number of sulfonamides is 1. The van der Waals surface area contributed by atoms with Gasteiger partial charge in [0.25, 0.3) is 5.91 Å². The molecular weight excluding hydrogens is 469 g/mol. The molecule has 1 aliphatic rings. The van der Waals surface area contributed by atoms with Crippen LogP contribution >= 0.6 is 8.58 Å². The highest BCUT2D eigenvalue weighted by Gasteiger charge is 2.34. The van der Waals surface area contributed by atoms with Gasteiger partial charge >= 0.3 is 0 Å². The maximum atomic E-state index is 12.9. The molecule has 0 bridgehead atoms.